The summed E-state index contributed by atoms with van der Waals surface area (Å²) in [5.41, 5.74) is 5.75. The Labute approximate surface area is 193 Å². The first-order valence-corrected chi connectivity index (χ1v) is 11.6. The van der Waals surface area contributed by atoms with E-state index in [-0.39, 0.29) is 6.17 Å². The van der Waals surface area contributed by atoms with Gasteiger partial charge in [-0.05, 0) is 52.8 Å². The number of aromatic amines is 1. The van der Waals surface area contributed by atoms with Crippen molar-refractivity contribution in [1.82, 2.24) is 35.3 Å². The number of hydrogen-bond acceptors (Lipinski definition) is 7. The second kappa shape index (κ2) is 8.03. The molecule has 3 aromatic rings. The standard InChI is InChI=1S/C25H28N8/c1-17-26-25-23(15-31(2)16-32(25)13-18-7-8-18)33(17)14-19-9-11-20(12-10-19)21-5-3-4-6-22(21)24-27-29-30-28-24/h3-6,9-12,15,17-18H,7-8,13-14,16H2,1-2H3,(H,27,28,29,30). The average Bonchev–Trinajstić information content (AvgIpc) is 3.36. The van der Waals surface area contributed by atoms with Crippen molar-refractivity contribution in [2.45, 2.75) is 32.5 Å². The van der Waals surface area contributed by atoms with Crippen LogP contribution in [0.15, 0.2) is 65.4 Å². The maximum atomic E-state index is 5.04. The molecule has 0 saturated heterocycles. The van der Waals surface area contributed by atoms with Gasteiger partial charge in [-0.25, -0.2) is 10.1 Å². The first kappa shape index (κ1) is 20.0. The highest BCUT2D eigenvalue weighted by Gasteiger charge is 2.36. The Morgan fingerprint density at radius 1 is 1.03 bits per heavy atom. The molecular formula is C25H28N8. The minimum Gasteiger partial charge on any atom is -0.361 e. The third kappa shape index (κ3) is 3.86. The van der Waals surface area contributed by atoms with Crippen molar-refractivity contribution < 1.29 is 0 Å². The molecule has 0 bridgehead atoms. The Balaban J connectivity index is 1.23. The molecule has 2 aromatic carbocycles. The van der Waals surface area contributed by atoms with Crippen LogP contribution in [-0.4, -0.2) is 67.6 Å². The molecule has 0 amide bonds. The van der Waals surface area contributed by atoms with Crippen LogP contribution in [0.3, 0.4) is 0 Å². The largest absolute Gasteiger partial charge is 0.361 e. The smallest absolute Gasteiger partial charge is 0.180 e. The summed E-state index contributed by atoms with van der Waals surface area (Å²) in [6.07, 6.45) is 5.10. The third-order valence-electron chi connectivity index (χ3n) is 6.66. The number of nitrogens with one attached hydrogen (secondary N) is 1. The molecule has 8 heteroatoms. The van der Waals surface area contributed by atoms with Gasteiger partial charge in [-0.3, -0.25) is 0 Å². The first-order valence-electron chi connectivity index (χ1n) is 11.6. The summed E-state index contributed by atoms with van der Waals surface area (Å²) < 4.78 is 0. The van der Waals surface area contributed by atoms with Crippen LogP contribution < -0.4 is 0 Å². The van der Waals surface area contributed by atoms with E-state index < -0.39 is 0 Å². The van der Waals surface area contributed by atoms with E-state index in [9.17, 15) is 0 Å². The molecule has 3 aliphatic rings. The summed E-state index contributed by atoms with van der Waals surface area (Å²) in [6.45, 7) is 5.07. The normalized spacial score (nSPS) is 20.1. The number of amidine groups is 1. The van der Waals surface area contributed by atoms with Crippen LogP contribution in [0.2, 0.25) is 0 Å². The summed E-state index contributed by atoms with van der Waals surface area (Å²) in [5.74, 6) is 2.68. The number of aromatic nitrogens is 4. The molecule has 2 aliphatic heterocycles. The van der Waals surface area contributed by atoms with Gasteiger partial charge in [0.2, 0.25) is 0 Å². The SMILES string of the molecule is CC1N=C2C(=CN(C)CN2CC2CC2)N1Cc1ccc(-c2ccccc2-c2nnn[nH]2)cc1. The van der Waals surface area contributed by atoms with Gasteiger partial charge in [0.25, 0.3) is 0 Å². The quantitative estimate of drug-likeness (QED) is 0.632. The van der Waals surface area contributed by atoms with E-state index in [0.717, 1.165) is 42.4 Å². The molecule has 1 fully saturated rings. The van der Waals surface area contributed by atoms with Gasteiger partial charge in [-0.1, -0.05) is 48.5 Å². The van der Waals surface area contributed by atoms with E-state index in [1.54, 1.807) is 0 Å². The Hall–Kier alpha value is -3.68. The highest BCUT2D eigenvalue weighted by molar-refractivity contribution is 6.00. The lowest BCUT2D eigenvalue weighted by Gasteiger charge is -2.36. The number of H-pyrrole nitrogens is 1. The van der Waals surface area contributed by atoms with Crippen molar-refractivity contribution in [3.8, 4) is 22.5 Å². The zero-order valence-electron chi connectivity index (χ0n) is 19.0. The van der Waals surface area contributed by atoms with Crippen LogP contribution in [0.5, 0.6) is 0 Å². The van der Waals surface area contributed by atoms with Gasteiger partial charge >= 0.3 is 0 Å². The Morgan fingerprint density at radius 3 is 2.55 bits per heavy atom. The molecule has 3 heterocycles. The molecule has 168 valence electrons. The van der Waals surface area contributed by atoms with Crippen molar-refractivity contribution in [3.05, 3.63) is 66.0 Å². The van der Waals surface area contributed by atoms with Gasteiger partial charge in [0.1, 0.15) is 6.17 Å². The molecule has 1 aliphatic carbocycles. The van der Waals surface area contributed by atoms with E-state index in [2.05, 4.69) is 85.8 Å². The number of hydrogen-bond donors (Lipinski definition) is 1. The van der Waals surface area contributed by atoms with E-state index in [0.29, 0.717) is 5.82 Å². The summed E-state index contributed by atoms with van der Waals surface area (Å²) >= 11 is 0. The predicted molar refractivity (Wildman–Crippen MR) is 128 cm³/mol. The molecule has 1 saturated carbocycles. The van der Waals surface area contributed by atoms with Crippen LogP contribution in [0.4, 0.5) is 0 Å². The van der Waals surface area contributed by atoms with Crippen molar-refractivity contribution in [2.24, 2.45) is 10.9 Å². The van der Waals surface area contributed by atoms with Crippen LogP contribution in [0.25, 0.3) is 22.5 Å². The minimum atomic E-state index is 0.138. The molecule has 1 N–H and O–H groups in total. The van der Waals surface area contributed by atoms with Crippen LogP contribution in [0.1, 0.15) is 25.3 Å². The number of fused-ring (bicyclic) bond motifs is 1. The lowest BCUT2D eigenvalue weighted by Crippen LogP contribution is -2.45. The average molecular weight is 441 g/mol. The first-order chi connectivity index (χ1) is 16.2. The molecule has 1 aromatic heterocycles. The molecule has 0 spiro atoms. The molecule has 33 heavy (non-hydrogen) atoms. The highest BCUT2D eigenvalue weighted by Crippen LogP contribution is 2.34. The maximum absolute atomic E-state index is 5.04. The topological polar surface area (TPSA) is 76.5 Å². The van der Waals surface area contributed by atoms with Gasteiger partial charge in [-0.15, -0.1) is 5.10 Å². The number of tetrazole rings is 1. The lowest BCUT2D eigenvalue weighted by molar-refractivity contribution is 0.240. The number of aliphatic imine (C=N–C) groups is 1. The van der Waals surface area contributed by atoms with Crippen LogP contribution >= 0.6 is 0 Å². The zero-order valence-corrected chi connectivity index (χ0v) is 19.0. The molecule has 8 nitrogen and oxygen atoms in total. The fourth-order valence-corrected chi connectivity index (χ4v) is 4.78. The predicted octanol–water partition coefficient (Wildman–Crippen LogP) is 3.55. The van der Waals surface area contributed by atoms with E-state index >= 15 is 0 Å². The fraction of sp³-hybridized carbons (Fsp3) is 0.360. The van der Waals surface area contributed by atoms with E-state index in [1.807, 2.05) is 18.2 Å². The monoisotopic (exact) mass is 440 g/mol. The molecule has 1 atom stereocenters. The summed E-state index contributed by atoms with van der Waals surface area (Å²) in [5, 5.41) is 14.4. The summed E-state index contributed by atoms with van der Waals surface area (Å²) in [4.78, 5) is 12.2. The number of benzene rings is 2. The second-order valence-electron chi connectivity index (χ2n) is 9.28. The Kier molecular flexibility index (Phi) is 4.86. The lowest BCUT2D eigenvalue weighted by atomic mass is 9.98. The van der Waals surface area contributed by atoms with Crippen molar-refractivity contribution >= 4 is 5.84 Å². The Morgan fingerprint density at radius 2 is 1.82 bits per heavy atom. The highest BCUT2D eigenvalue weighted by atomic mass is 15.5. The number of rotatable bonds is 6. The Bertz CT molecular complexity index is 1190. The van der Waals surface area contributed by atoms with Gasteiger partial charge in [0.05, 0.1) is 12.4 Å². The fourth-order valence-electron chi connectivity index (χ4n) is 4.78. The van der Waals surface area contributed by atoms with Gasteiger partial charge < -0.3 is 14.7 Å². The molecule has 1 unspecified atom stereocenters. The molecular weight excluding hydrogens is 412 g/mol. The van der Waals surface area contributed by atoms with Crippen LogP contribution in [0, 0.1) is 5.92 Å². The summed E-state index contributed by atoms with van der Waals surface area (Å²) in [6, 6.07) is 17.0. The van der Waals surface area contributed by atoms with Crippen molar-refractivity contribution in [1.29, 1.82) is 0 Å². The van der Waals surface area contributed by atoms with Gasteiger partial charge in [-0.2, -0.15) is 0 Å². The van der Waals surface area contributed by atoms with Gasteiger partial charge in [0, 0.05) is 31.9 Å². The van der Waals surface area contributed by atoms with Crippen molar-refractivity contribution in [2.75, 3.05) is 20.3 Å². The zero-order chi connectivity index (χ0) is 22.4. The minimum absolute atomic E-state index is 0.138. The summed E-state index contributed by atoms with van der Waals surface area (Å²) in [7, 11) is 2.15. The molecule has 6 rings (SSSR count). The second-order valence-corrected chi connectivity index (χ2v) is 9.28. The van der Waals surface area contributed by atoms with Crippen molar-refractivity contribution in [3.63, 3.8) is 0 Å². The van der Waals surface area contributed by atoms with Crippen LogP contribution in [-0.2, 0) is 6.54 Å². The third-order valence-corrected chi connectivity index (χ3v) is 6.66. The van der Waals surface area contributed by atoms with E-state index in [4.69, 9.17) is 4.99 Å². The van der Waals surface area contributed by atoms with Gasteiger partial charge in [0.15, 0.2) is 11.7 Å². The maximum Gasteiger partial charge on any atom is 0.180 e. The van der Waals surface area contributed by atoms with E-state index in [1.165, 1.54) is 29.9 Å². The molecule has 0 radical (unpaired) electrons. The number of nitrogens with zero attached hydrogens (tertiary/aromatic N) is 7.